The summed E-state index contributed by atoms with van der Waals surface area (Å²) in [6.45, 7) is -0.176. The molecule has 2 amide bonds. The van der Waals surface area contributed by atoms with Crippen molar-refractivity contribution < 1.29 is 33.8 Å². The third-order valence-electron chi connectivity index (χ3n) is 5.49. The van der Waals surface area contributed by atoms with E-state index in [1.807, 2.05) is 54.0 Å². The Hall–Kier alpha value is -4.28. The van der Waals surface area contributed by atoms with Gasteiger partial charge in [-0.3, -0.25) is 14.9 Å². The number of carboxylic acids is 1. The van der Waals surface area contributed by atoms with E-state index in [1.54, 1.807) is 0 Å². The van der Waals surface area contributed by atoms with Gasteiger partial charge in [-0.2, -0.15) is 0 Å². The number of aromatic nitrogens is 1. The molecule has 1 aliphatic rings. The zero-order chi connectivity index (χ0) is 24.8. The summed E-state index contributed by atoms with van der Waals surface area (Å²) in [4.78, 5) is 45.1. The maximum absolute atomic E-state index is 12.6. The lowest BCUT2D eigenvalue weighted by molar-refractivity contribution is -0.158. The third kappa shape index (κ3) is 5.29. The number of rotatable bonds is 9. The minimum atomic E-state index is -1.41. The second-order valence-electron chi connectivity index (χ2n) is 7.68. The number of hydrogen-bond acceptors (Lipinski definition) is 7. The van der Waals surface area contributed by atoms with E-state index in [0.29, 0.717) is 0 Å². The van der Waals surface area contributed by atoms with Crippen molar-refractivity contribution in [1.82, 2.24) is 10.5 Å². The van der Waals surface area contributed by atoms with Crippen molar-refractivity contribution in [3.8, 4) is 11.1 Å². The number of pyridine rings is 1. The Morgan fingerprint density at radius 1 is 1.00 bits per heavy atom. The number of anilines is 1. The molecule has 3 N–H and O–H groups in total. The van der Waals surface area contributed by atoms with Gasteiger partial charge in [-0.05, 0) is 34.4 Å². The van der Waals surface area contributed by atoms with E-state index in [4.69, 9.17) is 19.4 Å². The highest BCUT2D eigenvalue weighted by molar-refractivity contribution is 6.00. The van der Waals surface area contributed by atoms with Crippen LogP contribution in [0.15, 0.2) is 66.9 Å². The van der Waals surface area contributed by atoms with Crippen LogP contribution in [0.25, 0.3) is 11.1 Å². The van der Waals surface area contributed by atoms with Crippen LogP contribution < -0.4 is 10.8 Å². The Balaban J connectivity index is 1.41. The fourth-order valence-electron chi connectivity index (χ4n) is 3.91. The summed E-state index contributed by atoms with van der Waals surface area (Å²) in [5, 5.41) is 11.6. The molecule has 0 bridgehead atoms. The highest BCUT2D eigenvalue weighted by Crippen LogP contribution is 2.44. The Morgan fingerprint density at radius 3 is 2.29 bits per heavy atom. The van der Waals surface area contributed by atoms with Gasteiger partial charge >= 0.3 is 12.1 Å². The molecule has 0 saturated heterocycles. The minimum Gasteiger partial charge on any atom is -0.479 e. The Kier molecular flexibility index (Phi) is 7.34. The molecule has 1 aliphatic carbocycles. The number of carboxylic acid groups (broad SMARTS) is 1. The zero-order valence-electron chi connectivity index (χ0n) is 18.8. The Labute approximate surface area is 200 Å². The van der Waals surface area contributed by atoms with Gasteiger partial charge in [0.15, 0.2) is 5.69 Å². The van der Waals surface area contributed by atoms with Gasteiger partial charge in [-0.25, -0.2) is 20.1 Å². The van der Waals surface area contributed by atoms with E-state index in [-0.39, 0.29) is 30.5 Å². The van der Waals surface area contributed by atoms with Crippen LogP contribution >= 0.6 is 0 Å². The average Bonchev–Trinajstić information content (AvgIpc) is 3.19. The Morgan fingerprint density at radius 2 is 1.66 bits per heavy atom. The normalized spacial score (nSPS) is 12.8. The second kappa shape index (κ2) is 10.8. The number of benzene rings is 2. The highest BCUT2D eigenvalue weighted by Gasteiger charge is 2.29. The molecule has 10 nitrogen and oxygen atoms in total. The number of carbonyl (C=O) groups excluding carboxylic acids is 2. The van der Waals surface area contributed by atoms with Crippen molar-refractivity contribution in [2.75, 3.05) is 25.6 Å². The van der Waals surface area contributed by atoms with Gasteiger partial charge in [0.2, 0.25) is 6.10 Å². The third-order valence-corrected chi connectivity index (χ3v) is 5.49. The molecule has 0 fully saturated rings. The molecule has 1 unspecified atom stereocenters. The van der Waals surface area contributed by atoms with Crippen molar-refractivity contribution in [1.29, 1.82) is 0 Å². The van der Waals surface area contributed by atoms with Crippen molar-refractivity contribution >= 4 is 23.7 Å². The summed E-state index contributed by atoms with van der Waals surface area (Å²) < 4.78 is 10.3. The lowest BCUT2D eigenvalue weighted by Crippen LogP contribution is -2.37. The molecule has 4 rings (SSSR count). The summed E-state index contributed by atoms with van der Waals surface area (Å²) in [6, 6.07) is 18.9. The van der Waals surface area contributed by atoms with Crippen molar-refractivity contribution in [3.05, 3.63) is 83.7 Å². The van der Waals surface area contributed by atoms with Gasteiger partial charge in [-0.1, -0.05) is 48.5 Å². The predicted octanol–water partition coefficient (Wildman–Crippen LogP) is 3.20. The van der Waals surface area contributed by atoms with Crippen LogP contribution in [-0.2, 0) is 19.1 Å². The number of nitrogens with one attached hydrogen (secondary N) is 2. The van der Waals surface area contributed by atoms with Crippen LogP contribution in [0.3, 0.4) is 0 Å². The SMILES string of the molecule is COCC(ONC(=O)c1ncccc1NC(=O)OCC1c2ccccc2-c2ccccc21)C(=O)O. The molecule has 10 heteroatoms. The first-order valence-electron chi connectivity index (χ1n) is 10.7. The minimum absolute atomic E-state index is 0.0736. The molecular formula is C25H23N3O7. The summed E-state index contributed by atoms with van der Waals surface area (Å²) in [5.41, 5.74) is 6.28. The molecule has 1 heterocycles. The smallest absolute Gasteiger partial charge is 0.411 e. The van der Waals surface area contributed by atoms with E-state index in [2.05, 4.69) is 10.3 Å². The maximum Gasteiger partial charge on any atom is 0.411 e. The number of hydrogen-bond donors (Lipinski definition) is 3. The molecule has 1 aromatic heterocycles. The standard InChI is InChI=1S/C25H23N3O7/c1-33-14-21(24(30)31)35-28-23(29)22-20(11-6-12-26-22)27-25(32)34-13-19-17-9-4-2-7-15(17)16-8-3-5-10-18(16)19/h2-12,19,21H,13-14H2,1H3,(H,27,32)(H,28,29)(H,30,31). The van der Waals surface area contributed by atoms with Gasteiger partial charge in [0.25, 0.3) is 5.91 Å². The average molecular weight is 477 g/mol. The molecule has 180 valence electrons. The first-order chi connectivity index (χ1) is 17.0. The van der Waals surface area contributed by atoms with Crippen LogP contribution in [-0.4, -0.2) is 54.5 Å². The van der Waals surface area contributed by atoms with Crippen LogP contribution in [0, 0.1) is 0 Å². The Bertz CT molecular complexity index is 1200. The molecule has 0 saturated carbocycles. The first-order valence-corrected chi connectivity index (χ1v) is 10.7. The van der Waals surface area contributed by atoms with Crippen molar-refractivity contribution in [2.45, 2.75) is 12.0 Å². The first kappa shape index (κ1) is 23.9. The summed E-state index contributed by atoms with van der Waals surface area (Å²) in [5.74, 6) is -2.28. The number of methoxy groups -OCH3 is 1. The van der Waals surface area contributed by atoms with E-state index >= 15 is 0 Å². The van der Waals surface area contributed by atoms with E-state index < -0.39 is 24.1 Å². The predicted molar refractivity (Wildman–Crippen MR) is 125 cm³/mol. The number of fused-ring (bicyclic) bond motifs is 3. The van der Waals surface area contributed by atoms with E-state index in [9.17, 15) is 14.4 Å². The van der Waals surface area contributed by atoms with Gasteiger partial charge in [0, 0.05) is 19.2 Å². The lowest BCUT2D eigenvalue weighted by atomic mass is 9.98. The topological polar surface area (TPSA) is 136 Å². The van der Waals surface area contributed by atoms with E-state index in [1.165, 1.54) is 25.4 Å². The van der Waals surface area contributed by atoms with Gasteiger partial charge in [0.1, 0.15) is 6.61 Å². The van der Waals surface area contributed by atoms with Gasteiger partial charge in [-0.15, -0.1) is 0 Å². The number of carbonyl (C=O) groups is 3. The summed E-state index contributed by atoms with van der Waals surface area (Å²) in [7, 11) is 1.30. The molecule has 35 heavy (non-hydrogen) atoms. The molecule has 0 radical (unpaired) electrons. The largest absolute Gasteiger partial charge is 0.479 e. The highest BCUT2D eigenvalue weighted by atomic mass is 16.7. The van der Waals surface area contributed by atoms with Gasteiger partial charge in [0.05, 0.1) is 12.3 Å². The molecule has 1 atom stereocenters. The zero-order valence-corrected chi connectivity index (χ0v) is 18.8. The quantitative estimate of drug-likeness (QED) is 0.400. The van der Waals surface area contributed by atoms with Crippen LogP contribution in [0.1, 0.15) is 27.5 Å². The molecular weight excluding hydrogens is 454 g/mol. The fourth-order valence-corrected chi connectivity index (χ4v) is 3.91. The van der Waals surface area contributed by atoms with Crippen molar-refractivity contribution in [2.24, 2.45) is 0 Å². The number of amides is 2. The number of aliphatic carboxylic acids is 1. The van der Waals surface area contributed by atoms with E-state index in [0.717, 1.165) is 22.3 Å². The lowest BCUT2D eigenvalue weighted by Gasteiger charge is -2.16. The van der Waals surface area contributed by atoms with Gasteiger partial charge < -0.3 is 14.6 Å². The number of nitrogens with zero attached hydrogens (tertiary/aromatic N) is 1. The van der Waals surface area contributed by atoms with Crippen LogP contribution in [0.2, 0.25) is 0 Å². The maximum atomic E-state index is 12.6. The fraction of sp³-hybridized carbons (Fsp3) is 0.200. The van der Waals surface area contributed by atoms with Crippen LogP contribution in [0.4, 0.5) is 10.5 Å². The molecule has 2 aromatic carbocycles. The van der Waals surface area contributed by atoms with Crippen molar-refractivity contribution in [3.63, 3.8) is 0 Å². The summed E-state index contributed by atoms with van der Waals surface area (Å²) in [6.07, 6.45) is -0.828. The number of hydroxylamine groups is 1. The molecule has 0 aliphatic heterocycles. The molecule has 0 spiro atoms. The number of ether oxygens (including phenoxy) is 2. The molecule has 3 aromatic rings. The monoisotopic (exact) mass is 477 g/mol. The van der Waals surface area contributed by atoms with Crippen LogP contribution in [0.5, 0.6) is 0 Å². The summed E-state index contributed by atoms with van der Waals surface area (Å²) >= 11 is 0. The second-order valence-corrected chi connectivity index (χ2v) is 7.68.